The van der Waals surface area contributed by atoms with Gasteiger partial charge in [-0.1, -0.05) is 19.3 Å². The van der Waals surface area contributed by atoms with Gasteiger partial charge >= 0.3 is 0 Å². The van der Waals surface area contributed by atoms with E-state index in [9.17, 15) is 0 Å². The Bertz CT molecular complexity index is 764. The Labute approximate surface area is 173 Å². The molecule has 0 amide bonds. The average molecular weight is 400 g/mol. The molecule has 2 aliphatic rings. The summed E-state index contributed by atoms with van der Waals surface area (Å²) in [7, 11) is 1.94. The molecule has 0 aromatic carbocycles. The number of rotatable bonds is 6. The van der Waals surface area contributed by atoms with Gasteiger partial charge in [0.15, 0.2) is 5.96 Å². The van der Waals surface area contributed by atoms with Crippen LogP contribution in [0.4, 0.5) is 0 Å². The lowest BCUT2D eigenvalue weighted by atomic mass is 9.89. The largest absolute Gasteiger partial charge is 0.469 e. The molecular weight excluding hydrogens is 366 g/mol. The van der Waals surface area contributed by atoms with Crippen molar-refractivity contribution in [2.75, 3.05) is 32.8 Å². The molecule has 2 fully saturated rings. The van der Waals surface area contributed by atoms with E-state index in [2.05, 4.69) is 15.3 Å². The molecule has 1 aliphatic carbocycles. The molecule has 29 heavy (non-hydrogen) atoms. The van der Waals surface area contributed by atoms with Crippen LogP contribution in [-0.2, 0) is 18.2 Å². The third-order valence-corrected chi connectivity index (χ3v) is 5.92. The molecule has 4 rings (SSSR count). The predicted octanol–water partition coefficient (Wildman–Crippen LogP) is 3.16. The van der Waals surface area contributed by atoms with Gasteiger partial charge in [0.1, 0.15) is 11.9 Å². The molecule has 1 N–H and O–H groups in total. The van der Waals surface area contributed by atoms with Gasteiger partial charge in [-0.3, -0.25) is 9.67 Å². The Balaban J connectivity index is 1.40. The Morgan fingerprint density at radius 3 is 2.97 bits per heavy atom. The zero-order valence-electron chi connectivity index (χ0n) is 17.4. The Kier molecular flexibility index (Phi) is 6.87. The zero-order chi connectivity index (χ0) is 19.9. The second kappa shape index (κ2) is 9.96. The second-order valence-corrected chi connectivity index (χ2v) is 8.18. The van der Waals surface area contributed by atoms with Gasteiger partial charge in [-0.05, 0) is 30.9 Å². The summed E-state index contributed by atoms with van der Waals surface area (Å²) in [5, 5.41) is 7.88. The minimum Gasteiger partial charge on any atom is -0.469 e. The highest BCUT2D eigenvalue weighted by molar-refractivity contribution is 5.80. The molecule has 2 aromatic rings. The molecule has 0 radical (unpaired) electrons. The van der Waals surface area contributed by atoms with Crippen molar-refractivity contribution in [1.29, 1.82) is 0 Å². The van der Waals surface area contributed by atoms with Crippen molar-refractivity contribution < 1.29 is 9.15 Å². The first kappa shape index (κ1) is 20.0. The van der Waals surface area contributed by atoms with Crippen molar-refractivity contribution in [2.24, 2.45) is 18.0 Å². The predicted molar refractivity (Wildman–Crippen MR) is 113 cm³/mol. The lowest BCUT2D eigenvalue weighted by Crippen LogP contribution is -2.48. The number of aliphatic imine (C=N–C) groups is 1. The summed E-state index contributed by atoms with van der Waals surface area (Å²) in [5.74, 6) is 2.72. The van der Waals surface area contributed by atoms with Crippen LogP contribution in [0.3, 0.4) is 0 Å². The SMILES string of the molecule is Cn1cc(C2CN(C(=NCC3CCCCC3)NCCc3ccco3)CCO2)cn1. The number of aryl methyl sites for hydroxylation is 1. The van der Waals surface area contributed by atoms with Gasteiger partial charge < -0.3 is 19.4 Å². The number of furan rings is 1. The van der Waals surface area contributed by atoms with Gasteiger partial charge in [0.25, 0.3) is 0 Å². The Morgan fingerprint density at radius 2 is 2.21 bits per heavy atom. The number of nitrogens with zero attached hydrogens (tertiary/aromatic N) is 4. The van der Waals surface area contributed by atoms with Gasteiger partial charge in [0.05, 0.1) is 25.6 Å². The van der Waals surface area contributed by atoms with E-state index in [1.54, 1.807) is 6.26 Å². The first-order chi connectivity index (χ1) is 14.3. The highest BCUT2D eigenvalue weighted by Gasteiger charge is 2.25. The van der Waals surface area contributed by atoms with Crippen LogP contribution < -0.4 is 5.32 Å². The number of hydrogen-bond acceptors (Lipinski definition) is 4. The quantitative estimate of drug-likeness (QED) is 0.597. The highest BCUT2D eigenvalue weighted by Crippen LogP contribution is 2.24. The Hall–Kier alpha value is -2.28. The van der Waals surface area contributed by atoms with Crippen molar-refractivity contribution in [3.8, 4) is 0 Å². The molecule has 1 atom stereocenters. The first-order valence-electron chi connectivity index (χ1n) is 10.9. The van der Waals surface area contributed by atoms with Gasteiger partial charge in [-0.25, -0.2) is 0 Å². The summed E-state index contributed by atoms with van der Waals surface area (Å²) in [6.07, 6.45) is 13.3. The van der Waals surface area contributed by atoms with Crippen molar-refractivity contribution in [3.05, 3.63) is 42.1 Å². The standard InChI is InChI=1S/C22H33N5O2/c1-26-16-19(15-25-26)21-17-27(11-13-29-21)22(23-10-9-20-8-5-12-28-20)24-14-18-6-3-2-4-7-18/h5,8,12,15-16,18,21H,2-4,6-7,9-11,13-14,17H2,1H3,(H,23,24). The minimum absolute atomic E-state index is 0.0317. The van der Waals surface area contributed by atoms with Crippen molar-refractivity contribution in [2.45, 2.75) is 44.6 Å². The summed E-state index contributed by atoms with van der Waals surface area (Å²) in [6.45, 7) is 4.07. The summed E-state index contributed by atoms with van der Waals surface area (Å²) < 4.78 is 13.3. The summed E-state index contributed by atoms with van der Waals surface area (Å²) >= 11 is 0. The Morgan fingerprint density at radius 1 is 1.31 bits per heavy atom. The molecule has 1 saturated heterocycles. The van der Waals surface area contributed by atoms with E-state index in [1.165, 1.54) is 32.1 Å². The van der Waals surface area contributed by atoms with E-state index in [0.717, 1.165) is 55.8 Å². The normalized spacial score (nSPS) is 21.5. The number of nitrogens with one attached hydrogen (secondary N) is 1. The van der Waals surface area contributed by atoms with Gasteiger partial charge in [0.2, 0.25) is 0 Å². The topological polar surface area (TPSA) is 67.8 Å². The lowest BCUT2D eigenvalue weighted by Gasteiger charge is -2.35. The van der Waals surface area contributed by atoms with Crippen molar-refractivity contribution in [1.82, 2.24) is 20.0 Å². The smallest absolute Gasteiger partial charge is 0.194 e. The fourth-order valence-electron chi connectivity index (χ4n) is 4.26. The molecule has 3 heterocycles. The van der Waals surface area contributed by atoms with Crippen LogP contribution in [0.1, 0.15) is 49.5 Å². The highest BCUT2D eigenvalue weighted by atomic mass is 16.5. The van der Waals surface area contributed by atoms with E-state index in [0.29, 0.717) is 6.61 Å². The molecule has 1 aliphatic heterocycles. The monoisotopic (exact) mass is 399 g/mol. The maximum absolute atomic E-state index is 6.02. The van der Waals surface area contributed by atoms with Crippen LogP contribution in [0.15, 0.2) is 40.2 Å². The summed E-state index contributed by atoms with van der Waals surface area (Å²) in [5.41, 5.74) is 1.12. The van der Waals surface area contributed by atoms with Crippen molar-refractivity contribution >= 4 is 5.96 Å². The number of hydrogen-bond donors (Lipinski definition) is 1. The second-order valence-electron chi connectivity index (χ2n) is 8.18. The molecule has 1 saturated carbocycles. The van der Waals surface area contributed by atoms with Crippen LogP contribution in [0.5, 0.6) is 0 Å². The van der Waals surface area contributed by atoms with Gasteiger partial charge in [-0.15, -0.1) is 0 Å². The third kappa shape index (κ3) is 5.63. The fourth-order valence-corrected chi connectivity index (χ4v) is 4.26. The molecule has 0 bridgehead atoms. The van der Waals surface area contributed by atoms with Crippen molar-refractivity contribution in [3.63, 3.8) is 0 Å². The molecular formula is C22H33N5O2. The minimum atomic E-state index is 0.0317. The molecule has 7 nitrogen and oxygen atoms in total. The van der Waals surface area contributed by atoms with Gasteiger partial charge in [0, 0.05) is 44.9 Å². The maximum Gasteiger partial charge on any atom is 0.194 e. The molecule has 1 unspecified atom stereocenters. The molecule has 0 spiro atoms. The zero-order valence-corrected chi connectivity index (χ0v) is 17.4. The van der Waals surface area contributed by atoms with Crippen LogP contribution >= 0.6 is 0 Å². The van der Waals surface area contributed by atoms with E-state index >= 15 is 0 Å². The van der Waals surface area contributed by atoms with Crippen LogP contribution in [0.2, 0.25) is 0 Å². The first-order valence-corrected chi connectivity index (χ1v) is 10.9. The fraction of sp³-hybridized carbons (Fsp3) is 0.636. The van der Waals surface area contributed by atoms with Crippen LogP contribution in [0, 0.1) is 5.92 Å². The molecule has 7 heteroatoms. The molecule has 158 valence electrons. The number of guanidine groups is 1. The third-order valence-electron chi connectivity index (χ3n) is 5.92. The average Bonchev–Trinajstić information content (AvgIpc) is 3.43. The lowest BCUT2D eigenvalue weighted by molar-refractivity contribution is -0.00809. The number of morpholine rings is 1. The molecule has 2 aromatic heterocycles. The van der Waals surface area contributed by atoms with Crippen LogP contribution in [-0.4, -0.2) is 53.4 Å². The van der Waals surface area contributed by atoms with Gasteiger partial charge in [-0.2, -0.15) is 5.10 Å². The number of ether oxygens (including phenoxy) is 1. The van der Waals surface area contributed by atoms with E-state index in [4.69, 9.17) is 14.1 Å². The van der Waals surface area contributed by atoms with E-state index in [1.807, 2.05) is 36.3 Å². The summed E-state index contributed by atoms with van der Waals surface area (Å²) in [4.78, 5) is 7.39. The maximum atomic E-state index is 6.02. The summed E-state index contributed by atoms with van der Waals surface area (Å²) in [6, 6.07) is 3.96. The van der Waals surface area contributed by atoms with Crippen LogP contribution in [0.25, 0.3) is 0 Å². The van der Waals surface area contributed by atoms with E-state index in [-0.39, 0.29) is 6.10 Å². The number of aromatic nitrogens is 2. The van der Waals surface area contributed by atoms with E-state index < -0.39 is 0 Å².